The summed E-state index contributed by atoms with van der Waals surface area (Å²) < 4.78 is 1.94. The monoisotopic (exact) mass is 213 g/mol. The first-order valence-corrected chi connectivity index (χ1v) is 6.26. The van der Waals surface area contributed by atoms with Crippen molar-refractivity contribution in [2.45, 2.75) is 32.9 Å². The summed E-state index contributed by atoms with van der Waals surface area (Å²) in [5.74, 6) is 2.18. The molecule has 2 N–H and O–H groups in total. The summed E-state index contributed by atoms with van der Waals surface area (Å²) in [7, 11) is 0. The number of hydrogen-bond donors (Lipinski definition) is 1. The summed E-state index contributed by atoms with van der Waals surface area (Å²) in [6.07, 6.45) is 4.93. The largest absolute Gasteiger partial charge is 0.327 e. The van der Waals surface area contributed by atoms with Crippen molar-refractivity contribution in [3.05, 3.63) is 18.0 Å². The molecule has 1 aromatic rings. The maximum Gasteiger partial charge on any atom is 0.0522 e. The molecule has 0 aromatic carbocycles. The predicted octanol–water partition coefficient (Wildman–Crippen LogP) is 1.53. The molecule has 0 saturated heterocycles. The molecule has 0 aliphatic heterocycles. The summed E-state index contributed by atoms with van der Waals surface area (Å²) in [5.41, 5.74) is 7.23. The minimum atomic E-state index is 0.259. The maximum atomic E-state index is 5.98. The minimum Gasteiger partial charge on any atom is -0.327 e. The van der Waals surface area contributed by atoms with Gasteiger partial charge >= 0.3 is 0 Å². The molecule has 14 heavy (non-hydrogen) atoms. The molecular weight excluding hydrogens is 194 g/mol. The Hall–Kier alpha value is -0.480. The van der Waals surface area contributed by atoms with E-state index in [1.165, 1.54) is 5.56 Å². The summed E-state index contributed by atoms with van der Waals surface area (Å²) in [5, 5.41) is 4.22. The van der Waals surface area contributed by atoms with Crippen LogP contribution in [0.25, 0.3) is 0 Å². The Morgan fingerprint density at radius 1 is 1.57 bits per heavy atom. The van der Waals surface area contributed by atoms with Gasteiger partial charge in [0.2, 0.25) is 0 Å². The van der Waals surface area contributed by atoms with Crippen LogP contribution in [0.15, 0.2) is 12.4 Å². The summed E-state index contributed by atoms with van der Waals surface area (Å²) >= 11 is 1.90. The van der Waals surface area contributed by atoms with Crippen molar-refractivity contribution in [2.24, 2.45) is 5.73 Å². The van der Waals surface area contributed by atoms with Crippen molar-refractivity contribution in [1.82, 2.24) is 9.78 Å². The van der Waals surface area contributed by atoms with Crippen molar-refractivity contribution >= 4 is 11.8 Å². The van der Waals surface area contributed by atoms with Crippen LogP contribution >= 0.6 is 11.8 Å². The first-order chi connectivity index (χ1) is 6.76. The third kappa shape index (κ3) is 3.72. The normalized spacial score (nSPS) is 13.1. The molecule has 4 heteroatoms. The van der Waals surface area contributed by atoms with Gasteiger partial charge in [-0.2, -0.15) is 16.9 Å². The molecule has 1 atom stereocenters. The van der Waals surface area contributed by atoms with Gasteiger partial charge in [-0.1, -0.05) is 6.92 Å². The van der Waals surface area contributed by atoms with Crippen molar-refractivity contribution in [2.75, 3.05) is 11.5 Å². The van der Waals surface area contributed by atoms with E-state index in [2.05, 4.69) is 25.1 Å². The molecule has 0 bridgehead atoms. The van der Waals surface area contributed by atoms with Gasteiger partial charge in [-0.3, -0.25) is 4.68 Å². The van der Waals surface area contributed by atoms with Crippen LogP contribution in [0.1, 0.15) is 19.4 Å². The van der Waals surface area contributed by atoms with Gasteiger partial charge in [0.15, 0.2) is 0 Å². The molecule has 1 heterocycles. The highest BCUT2D eigenvalue weighted by Gasteiger charge is 2.05. The maximum absolute atomic E-state index is 5.98. The Kier molecular flexibility index (Phi) is 5.04. The van der Waals surface area contributed by atoms with Gasteiger partial charge in [-0.25, -0.2) is 0 Å². The van der Waals surface area contributed by atoms with Crippen molar-refractivity contribution in [1.29, 1.82) is 0 Å². The highest BCUT2D eigenvalue weighted by molar-refractivity contribution is 7.99. The van der Waals surface area contributed by atoms with Crippen LogP contribution in [0.5, 0.6) is 0 Å². The number of hydrogen-bond acceptors (Lipinski definition) is 3. The lowest BCUT2D eigenvalue weighted by atomic mass is 10.1. The lowest BCUT2D eigenvalue weighted by molar-refractivity contribution is 0.658. The zero-order valence-electron chi connectivity index (χ0n) is 8.94. The topological polar surface area (TPSA) is 43.8 Å². The van der Waals surface area contributed by atoms with Gasteiger partial charge in [-0.05, 0) is 24.7 Å². The van der Waals surface area contributed by atoms with E-state index in [0.717, 1.165) is 24.5 Å². The molecule has 1 aromatic heterocycles. The Labute approximate surface area is 90.1 Å². The van der Waals surface area contributed by atoms with Gasteiger partial charge in [0.25, 0.3) is 0 Å². The third-order valence-electron chi connectivity index (χ3n) is 2.04. The zero-order chi connectivity index (χ0) is 10.4. The number of aryl methyl sites for hydroxylation is 1. The molecule has 1 unspecified atom stereocenters. The van der Waals surface area contributed by atoms with Crippen LogP contribution < -0.4 is 5.73 Å². The molecule has 0 radical (unpaired) electrons. The summed E-state index contributed by atoms with van der Waals surface area (Å²) in [6, 6.07) is 0.259. The van der Waals surface area contributed by atoms with E-state index >= 15 is 0 Å². The fraction of sp³-hybridized carbons (Fsp3) is 0.700. The second kappa shape index (κ2) is 6.09. The van der Waals surface area contributed by atoms with Gasteiger partial charge in [0.1, 0.15) is 0 Å². The predicted molar refractivity (Wildman–Crippen MR) is 62.6 cm³/mol. The van der Waals surface area contributed by atoms with Gasteiger partial charge in [0.05, 0.1) is 6.20 Å². The van der Waals surface area contributed by atoms with Crippen LogP contribution in [-0.2, 0) is 13.0 Å². The average Bonchev–Trinajstić information content (AvgIpc) is 2.62. The second-order valence-corrected chi connectivity index (χ2v) is 4.65. The lowest BCUT2D eigenvalue weighted by Crippen LogP contribution is -2.25. The first kappa shape index (κ1) is 11.6. The van der Waals surface area contributed by atoms with E-state index in [0.29, 0.717) is 0 Å². The molecule has 0 fully saturated rings. The quantitative estimate of drug-likeness (QED) is 0.779. The smallest absolute Gasteiger partial charge is 0.0522 e. The van der Waals surface area contributed by atoms with Crippen LogP contribution in [0, 0.1) is 0 Å². The molecule has 0 spiro atoms. The fourth-order valence-corrected chi connectivity index (χ4v) is 1.97. The summed E-state index contributed by atoms with van der Waals surface area (Å²) in [6.45, 7) is 5.18. The molecule has 80 valence electrons. The zero-order valence-corrected chi connectivity index (χ0v) is 9.76. The van der Waals surface area contributed by atoms with Crippen molar-refractivity contribution in [3.63, 3.8) is 0 Å². The Bertz CT molecular complexity index is 260. The van der Waals surface area contributed by atoms with E-state index in [1.807, 2.05) is 22.6 Å². The van der Waals surface area contributed by atoms with Crippen LogP contribution in [0.4, 0.5) is 0 Å². The van der Waals surface area contributed by atoms with E-state index in [4.69, 9.17) is 5.73 Å². The fourth-order valence-electron chi connectivity index (χ4n) is 1.32. The van der Waals surface area contributed by atoms with E-state index in [1.54, 1.807) is 0 Å². The molecular formula is C10H19N3S. The molecule has 3 nitrogen and oxygen atoms in total. The standard InChI is InChI=1S/C10H19N3S/c1-3-13-7-9(6-12-13)5-10(11)8-14-4-2/h6-7,10H,3-5,8,11H2,1-2H3. The highest BCUT2D eigenvalue weighted by atomic mass is 32.2. The third-order valence-corrected chi connectivity index (χ3v) is 3.12. The van der Waals surface area contributed by atoms with Crippen LogP contribution in [0.2, 0.25) is 0 Å². The highest BCUT2D eigenvalue weighted by Crippen LogP contribution is 2.06. The van der Waals surface area contributed by atoms with Gasteiger partial charge in [0, 0.05) is 24.5 Å². The van der Waals surface area contributed by atoms with Crippen LogP contribution in [-0.4, -0.2) is 27.3 Å². The average molecular weight is 213 g/mol. The lowest BCUT2D eigenvalue weighted by Gasteiger charge is -2.08. The number of aromatic nitrogens is 2. The number of nitrogens with two attached hydrogens (primary N) is 1. The van der Waals surface area contributed by atoms with Gasteiger partial charge in [-0.15, -0.1) is 0 Å². The van der Waals surface area contributed by atoms with Crippen molar-refractivity contribution < 1.29 is 0 Å². The molecule has 0 aliphatic rings. The minimum absolute atomic E-state index is 0.259. The Morgan fingerprint density at radius 3 is 2.93 bits per heavy atom. The SMILES string of the molecule is CCSCC(N)Cc1cnn(CC)c1. The van der Waals surface area contributed by atoms with E-state index in [9.17, 15) is 0 Å². The van der Waals surface area contributed by atoms with E-state index < -0.39 is 0 Å². The molecule has 1 rings (SSSR count). The summed E-state index contributed by atoms with van der Waals surface area (Å²) in [4.78, 5) is 0. The molecule has 0 saturated carbocycles. The molecule has 0 amide bonds. The first-order valence-electron chi connectivity index (χ1n) is 5.10. The van der Waals surface area contributed by atoms with Gasteiger partial charge < -0.3 is 5.73 Å². The number of thioether (sulfide) groups is 1. The Morgan fingerprint density at radius 2 is 2.36 bits per heavy atom. The van der Waals surface area contributed by atoms with Crippen molar-refractivity contribution in [3.8, 4) is 0 Å². The van der Waals surface area contributed by atoms with E-state index in [-0.39, 0.29) is 6.04 Å². The van der Waals surface area contributed by atoms with Crippen LogP contribution in [0.3, 0.4) is 0 Å². The molecule has 0 aliphatic carbocycles. The Balaban J connectivity index is 2.35. The number of nitrogens with zero attached hydrogens (tertiary/aromatic N) is 2. The number of rotatable bonds is 6. The second-order valence-electron chi connectivity index (χ2n) is 3.33.